The van der Waals surface area contributed by atoms with E-state index in [4.69, 9.17) is 15.2 Å². The molecule has 0 radical (unpaired) electrons. The second-order valence-electron chi connectivity index (χ2n) is 3.83. The molecule has 3 N–H and O–H groups in total. The molecule has 0 aliphatic heterocycles. The number of nitrogens with one attached hydrogen (secondary N) is 1. The average molecular weight is 262 g/mol. The molecule has 5 nitrogen and oxygen atoms in total. The molecule has 0 aromatic heterocycles. The number of urea groups is 1. The lowest BCUT2D eigenvalue weighted by Crippen LogP contribution is -2.30. The third kappa shape index (κ3) is 11.7. The lowest BCUT2D eigenvalue weighted by atomic mass is 10.4. The summed E-state index contributed by atoms with van der Waals surface area (Å²) in [5.41, 5.74) is 4.97. The first-order valence-electron chi connectivity index (χ1n) is 6.47. The molecular weight excluding hydrogens is 236 g/mol. The van der Waals surface area contributed by atoms with E-state index < -0.39 is 6.03 Å². The van der Waals surface area contributed by atoms with Crippen molar-refractivity contribution in [2.75, 3.05) is 19.8 Å². The van der Waals surface area contributed by atoms with Gasteiger partial charge in [0.15, 0.2) is 6.29 Å². The van der Waals surface area contributed by atoms with Crippen LogP contribution in [-0.2, 0) is 9.47 Å². The molecule has 0 spiro atoms. The third-order valence-corrected chi connectivity index (χ3v) is 4.28. The first-order valence-corrected chi connectivity index (χ1v) is 8.47. The van der Waals surface area contributed by atoms with Crippen LogP contribution in [-0.4, -0.2) is 41.6 Å². The number of hydrogen-bond donors (Lipinski definition) is 2. The van der Waals surface area contributed by atoms with Crippen molar-refractivity contribution in [1.29, 1.82) is 0 Å². The first kappa shape index (κ1) is 16.4. The van der Waals surface area contributed by atoms with Gasteiger partial charge in [0.25, 0.3) is 0 Å². The second-order valence-corrected chi connectivity index (χ2v) is 5.96. The normalized spacial score (nSPS) is 11.5. The molecular formula is C11H26N2O3Si. The highest BCUT2D eigenvalue weighted by Gasteiger charge is 2.06. The van der Waals surface area contributed by atoms with Gasteiger partial charge in [0.05, 0.1) is 0 Å². The Balaban J connectivity index is 3.32. The number of primary amides is 1. The first-order chi connectivity index (χ1) is 8.20. The van der Waals surface area contributed by atoms with Gasteiger partial charge in [-0.1, -0.05) is 12.1 Å². The van der Waals surface area contributed by atoms with Crippen LogP contribution in [0.2, 0.25) is 12.1 Å². The van der Waals surface area contributed by atoms with E-state index in [1.165, 1.54) is 12.1 Å². The number of carbonyl (C=O) groups is 1. The van der Waals surface area contributed by atoms with Gasteiger partial charge in [-0.25, -0.2) is 4.79 Å². The summed E-state index contributed by atoms with van der Waals surface area (Å²) in [5, 5.41) is 2.60. The minimum Gasteiger partial charge on any atom is -0.353 e. The lowest BCUT2D eigenvalue weighted by Gasteiger charge is -2.16. The maximum absolute atomic E-state index is 10.4. The highest BCUT2D eigenvalue weighted by Crippen LogP contribution is 2.06. The van der Waals surface area contributed by atoms with E-state index in [1.54, 1.807) is 0 Å². The van der Waals surface area contributed by atoms with Crippen LogP contribution < -0.4 is 11.1 Å². The van der Waals surface area contributed by atoms with Gasteiger partial charge in [-0.2, -0.15) is 0 Å². The highest BCUT2D eigenvalue weighted by molar-refractivity contribution is 6.35. The SMILES string of the molecule is CCOC(CC[SiH2]CCCNC(N)=O)OCC. The summed E-state index contributed by atoms with van der Waals surface area (Å²) < 4.78 is 10.9. The van der Waals surface area contributed by atoms with Crippen LogP contribution in [0.25, 0.3) is 0 Å². The summed E-state index contributed by atoms with van der Waals surface area (Å²) in [4.78, 5) is 10.4. The second kappa shape index (κ2) is 11.9. The van der Waals surface area contributed by atoms with Crippen molar-refractivity contribution in [2.24, 2.45) is 5.73 Å². The van der Waals surface area contributed by atoms with E-state index in [1.807, 2.05) is 13.8 Å². The van der Waals surface area contributed by atoms with Crippen molar-refractivity contribution in [1.82, 2.24) is 5.32 Å². The largest absolute Gasteiger partial charge is 0.353 e. The Labute approximate surface area is 106 Å². The molecule has 0 fully saturated rings. The summed E-state index contributed by atoms with van der Waals surface area (Å²) in [6, 6.07) is 2.02. The van der Waals surface area contributed by atoms with Crippen molar-refractivity contribution < 1.29 is 14.3 Å². The Morgan fingerprint density at radius 3 is 2.47 bits per heavy atom. The lowest BCUT2D eigenvalue weighted by molar-refractivity contribution is -0.136. The highest BCUT2D eigenvalue weighted by atomic mass is 28.2. The summed E-state index contributed by atoms with van der Waals surface area (Å²) in [6.45, 7) is 6.07. The molecule has 0 aromatic carbocycles. The van der Waals surface area contributed by atoms with Gasteiger partial charge < -0.3 is 20.5 Å². The van der Waals surface area contributed by atoms with Gasteiger partial charge in [0, 0.05) is 29.3 Å². The minimum atomic E-state index is -0.431. The molecule has 0 atom stereocenters. The summed E-state index contributed by atoms with van der Waals surface area (Å²) >= 11 is 0. The monoisotopic (exact) mass is 262 g/mol. The Hall–Kier alpha value is -0.593. The fourth-order valence-corrected chi connectivity index (χ4v) is 3.17. The van der Waals surface area contributed by atoms with Crippen molar-refractivity contribution >= 4 is 15.6 Å². The van der Waals surface area contributed by atoms with E-state index >= 15 is 0 Å². The summed E-state index contributed by atoms with van der Waals surface area (Å²) in [5.74, 6) is 0. The number of carbonyl (C=O) groups excluding carboxylic acids is 1. The molecule has 6 heteroatoms. The predicted molar refractivity (Wildman–Crippen MR) is 72.0 cm³/mol. The summed E-state index contributed by atoms with van der Waals surface area (Å²) in [7, 11) is -0.0624. The number of nitrogens with two attached hydrogens (primary N) is 1. The van der Waals surface area contributed by atoms with Crippen LogP contribution >= 0.6 is 0 Å². The van der Waals surface area contributed by atoms with Crippen LogP contribution in [0.15, 0.2) is 0 Å². The average Bonchev–Trinajstić information content (AvgIpc) is 2.28. The number of ether oxygens (including phenoxy) is 2. The van der Waals surface area contributed by atoms with E-state index in [0.717, 1.165) is 12.8 Å². The molecule has 0 saturated carbocycles. The van der Waals surface area contributed by atoms with Gasteiger partial charge in [-0.05, 0) is 26.7 Å². The molecule has 17 heavy (non-hydrogen) atoms. The molecule has 0 aromatic rings. The third-order valence-electron chi connectivity index (χ3n) is 2.37. The Bertz CT molecular complexity index is 188. The van der Waals surface area contributed by atoms with Crippen LogP contribution in [0.3, 0.4) is 0 Å². The van der Waals surface area contributed by atoms with Crippen LogP contribution in [0, 0.1) is 0 Å². The van der Waals surface area contributed by atoms with Crippen molar-refractivity contribution in [2.45, 2.75) is 45.1 Å². The maximum atomic E-state index is 10.4. The molecule has 0 aliphatic rings. The molecule has 0 bridgehead atoms. The van der Waals surface area contributed by atoms with Gasteiger partial charge >= 0.3 is 6.03 Å². The zero-order valence-electron chi connectivity index (χ0n) is 11.0. The van der Waals surface area contributed by atoms with E-state index in [0.29, 0.717) is 19.8 Å². The fourth-order valence-electron chi connectivity index (χ4n) is 1.59. The molecule has 0 saturated heterocycles. The quantitative estimate of drug-likeness (QED) is 0.329. The Morgan fingerprint density at radius 2 is 1.94 bits per heavy atom. The van der Waals surface area contributed by atoms with Gasteiger partial charge in [0.1, 0.15) is 0 Å². The van der Waals surface area contributed by atoms with Gasteiger partial charge in [0.2, 0.25) is 0 Å². The zero-order valence-corrected chi connectivity index (χ0v) is 12.5. The standard InChI is InChI=1S/C11H26N2O3Si/c1-3-15-10(16-4-2)6-9-17-8-5-7-13-11(12)14/h10H,3-9,17H2,1-2H3,(H3,12,13,14). The fraction of sp³-hybridized carbons (Fsp3) is 0.909. The Kier molecular flexibility index (Phi) is 11.5. The molecule has 0 unspecified atom stereocenters. The number of hydrogen-bond acceptors (Lipinski definition) is 3. The maximum Gasteiger partial charge on any atom is 0.312 e. The predicted octanol–water partition coefficient (Wildman–Crippen LogP) is 0.839. The number of amides is 2. The van der Waals surface area contributed by atoms with E-state index in [-0.39, 0.29) is 15.8 Å². The Morgan fingerprint density at radius 1 is 1.29 bits per heavy atom. The van der Waals surface area contributed by atoms with Crippen molar-refractivity contribution in [3.63, 3.8) is 0 Å². The summed E-state index contributed by atoms with van der Waals surface area (Å²) in [6.07, 6.45) is 2.00. The van der Waals surface area contributed by atoms with Gasteiger partial charge in [-0.15, -0.1) is 0 Å². The van der Waals surface area contributed by atoms with Crippen molar-refractivity contribution in [3.05, 3.63) is 0 Å². The molecule has 102 valence electrons. The minimum absolute atomic E-state index is 0.0266. The van der Waals surface area contributed by atoms with E-state index in [2.05, 4.69) is 5.32 Å². The molecule has 0 rings (SSSR count). The number of rotatable bonds is 11. The zero-order chi connectivity index (χ0) is 12.9. The van der Waals surface area contributed by atoms with Crippen LogP contribution in [0.5, 0.6) is 0 Å². The van der Waals surface area contributed by atoms with Gasteiger partial charge in [-0.3, -0.25) is 0 Å². The van der Waals surface area contributed by atoms with Crippen LogP contribution in [0.4, 0.5) is 4.79 Å². The molecule has 0 heterocycles. The van der Waals surface area contributed by atoms with E-state index in [9.17, 15) is 4.79 Å². The molecule has 0 aliphatic carbocycles. The smallest absolute Gasteiger partial charge is 0.312 e. The van der Waals surface area contributed by atoms with Crippen LogP contribution in [0.1, 0.15) is 26.7 Å². The topological polar surface area (TPSA) is 73.6 Å². The van der Waals surface area contributed by atoms with Crippen molar-refractivity contribution in [3.8, 4) is 0 Å². The molecule has 2 amide bonds.